The second kappa shape index (κ2) is 25.4. The molecule has 0 fully saturated rings. The van der Waals surface area contributed by atoms with Crippen molar-refractivity contribution in [3.8, 4) is 0 Å². The molecule has 1 N–H and O–H groups in total. The lowest BCUT2D eigenvalue weighted by molar-refractivity contribution is 0.590. The molecule has 4 aliphatic heterocycles. The Bertz CT molecular complexity index is 5100. The highest BCUT2D eigenvalue weighted by Gasteiger charge is 2.47. The van der Waals surface area contributed by atoms with Gasteiger partial charge in [-0.2, -0.15) is 0 Å². The van der Waals surface area contributed by atoms with E-state index >= 15 is 0 Å². The number of para-hydroxylation sites is 5. The summed E-state index contributed by atoms with van der Waals surface area (Å²) in [4.78, 5) is 12.7. The van der Waals surface area contributed by atoms with Crippen LogP contribution in [0.2, 0.25) is 0 Å². The van der Waals surface area contributed by atoms with E-state index in [1.165, 1.54) is 49.6 Å². The van der Waals surface area contributed by atoms with Crippen molar-refractivity contribution in [2.75, 3.05) is 29.8 Å². The average molecular weight is 1320 g/mol. The molecule has 0 atom stereocenters. The fourth-order valence-electron chi connectivity index (χ4n) is 15.7. The van der Waals surface area contributed by atoms with Crippen molar-refractivity contribution in [3.05, 3.63) is 337 Å². The summed E-state index contributed by atoms with van der Waals surface area (Å²) in [7, 11) is 0. The van der Waals surface area contributed by atoms with Gasteiger partial charge in [-0.3, -0.25) is 0 Å². The van der Waals surface area contributed by atoms with Crippen LogP contribution in [0.4, 0.5) is 91.0 Å². The third kappa shape index (κ3) is 11.9. The highest BCUT2D eigenvalue weighted by atomic mass is 15.2. The molecule has 0 saturated heterocycles. The zero-order valence-corrected chi connectivity index (χ0v) is 60.8. The molecule has 500 valence electrons. The van der Waals surface area contributed by atoms with Gasteiger partial charge >= 0.3 is 0 Å². The van der Waals surface area contributed by atoms with Crippen molar-refractivity contribution in [3.63, 3.8) is 0 Å². The number of nitrogens with one attached hydrogen (secondary N) is 1. The van der Waals surface area contributed by atoms with Crippen LogP contribution in [0.1, 0.15) is 111 Å². The minimum Gasteiger partial charge on any atom is -0.362 e. The summed E-state index contributed by atoms with van der Waals surface area (Å²) in [6, 6.07) is 105. The first-order valence-electron chi connectivity index (χ1n) is 36.2. The predicted octanol–water partition coefficient (Wildman–Crippen LogP) is 22.4. The quantitative estimate of drug-likeness (QED) is 0.130. The van der Waals surface area contributed by atoms with Crippen molar-refractivity contribution < 1.29 is 0 Å². The molecular weight excluding hydrogens is 1230 g/mol. The lowest BCUT2D eigenvalue weighted by Crippen LogP contribution is -2.63. The van der Waals surface area contributed by atoms with Crippen LogP contribution in [0, 0.1) is 0 Å². The first-order valence-corrected chi connectivity index (χ1v) is 36.2. The van der Waals surface area contributed by atoms with Gasteiger partial charge in [0.05, 0.1) is 5.69 Å². The third-order valence-corrected chi connectivity index (χ3v) is 21.1. The molecule has 0 radical (unpaired) electrons. The molecule has 102 heavy (non-hydrogen) atoms. The van der Waals surface area contributed by atoms with E-state index in [0.717, 1.165) is 102 Å². The second-order valence-corrected chi connectivity index (χ2v) is 32.0. The summed E-state index contributed by atoms with van der Waals surface area (Å²) in [5.41, 5.74) is 31.0. The zero-order chi connectivity index (χ0) is 70.4. The van der Waals surface area contributed by atoms with Crippen molar-refractivity contribution in [1.82, 2.24) is 0 Å². The molecular formula is C94H88B2N6. The molecule has 0 bridgehead atoms. The van der Waals surface area contributed by atoms with Crippen LogP contribution in [0.15, 0.2) is 309 Å². The molecule has 4 aliphatic rings. The van der Waals surface area contributed by atoms with Crippen LogP contribution in [0.5, 0.6) is 0 Å². The number of hydrogen-bond donors (Lipinski definition) is 1. The SMILES string of the molecule is CC(C)(C)c1ccc(N(c2ccc(C(C)(C)C)cc2)c2cc3c4c(c2)N(c2ccccc2)c2cc5c(cc2B4C(=C\Nc2ccccc2)/C=C\C=C/3)B2c3ccccc3N(c3ccccc3)c3cc(N(c4ccc(C(C)(C)C)cc4)c4ccc(C(C)(C)C)cc4)cc(c32)N5c2ccccc2)cc1. The van der Waals surface area contributed by atoms with Crippen LogP contribution in [-0.2, 0) is 21.7 Å². The van der Waals surface area contributed by atoms with Crippen molar-refractivity contribution in [2.45, 2.75) is 105 Å². The van der Waals surface area contributed by atoms with Gasteiger partial charge in [-0.1, -0.05) is 258 Å². The van der Waals surface area contributed by atoms with Gasteiger partial charge in [-0.25, -0.2) is 0 Å². The Morgan fingerprint density at radius 2 is 0.647 bits per heavy atom. The zero-order valence-electron chi connectivity index (χ0n) is 60.8. The average Bonchev–Trinajstić information content (AvgIpc) is 0.688. The van der Waals surface area contributed by atoms with Crippen LogP contribution < -0.4 is 57.1 Å². The topological polar surface area (TPSA) is 28.2 Å². The summed E-state index contributed by atoms with van der Waals surface area (Å²) in [5.74, 6) is 0. The molecule has 0 amide bonds. The summed E-state index contributed by atoms with van der Waals surface area (Å²) in [6.07, 6.45) is 11.4. The van der Waals surface area contributed by atoms with E-state index < -0.39 is 0 Å². The van der Waals surface area contributed by atoms with Crippen LogP contribution in [0.25, 0.3) is 6.08 Å². The van der Waals surface area contributed by atoms with Gasteiger partial charge in [0.1, 0.15) is 0 Å². The van der Waals surface area contributed by atoms with Gasteiger partial charge in [0, 0.05) is 85.3 Å². The van der Waals surface area contributed by atoms with Crippen LogP contribution in [0.3, 0.4) is 0 Å². The largest absolute Gasteiger partial charge is 0.362 e. The number of benzene rings is 12. The third-order valence-electron chi connectivity index (χ3n) is 21.1. The standard InChI is InChI=1S/C94H88B2N6/c1-91(2,3)65-41-49-74(50-42-65)98(75-51-43-66(44-52-75)92(4,5)6)78-57-64-29-25-26-30-69(63-97-70-31-17-13-18-32-70)95-81-61-82-85(62-84(81)101(86(58-78)89(64)95)72-35-21-15-22-36-72)102(73-37-23-16-24-38-73)88-60-79(59-87-90(88)96(82)80-39-27-28-40-83(80)100(87)71-33-19-14-20-34-71)99(76-53-45-67(46-54-76)93(7,8)9)77-55-47-68(48-56-77)94(10,11)12/h13-63,97H,1-12H3/b29-25-,30-26-,69-63-. The lowest BCUT2D eigenvalue weighted by Gasteiger charge is -2.46. The maximum Gasteiger partial charge on any atom is 0.252 e. The molecule has 0 aliphatic carbocycles. The smallest absolute Gasteiger partial charge is 0.252 e. The molecule has 0 aromatic heterocycles. The van der Waals surface area contributed by atoms with E-state index in [1.54, 1.807) is 0 Å². The van der Waals surface area contributed by atoms with E-state index in [4.69, 9.17) is 0 Å². The van der Waals surface area contributed by atoms with Gasteiger partial charge in [0.15, 0.2) is 0 Å². The highest BCUT2D eigenvalue weighted by molar-refractivity contribution is 7.01. The Hall–Kier alpha value is -11.2. The van der Waals surface area contributed by atoms with Crippen molar-refractivity contribution in [1.29, 1.82) is 0 Å². The van der Waals surface area contributed by atoms with E-state index in [1.807, 2.05) is 0 Å². The summed E-state index contributed by atoms with van der Waals surface area (Å²) < 4.78 is 0. The summed E-state index contributed by atoms with van der Waals surface area (Å²) >= 11 is 0. The van der Waals surface area contributed by atoms with Crippen LogP contribution in [-0.4, -0.2) is 13.4 Å². The Morgan fingerprint density at radius 1 is 0.294 bits per heavy atom. The van der Waals surface area contributed by atoms with Crippen molar-refractivity contribution >= 4 is 138 Å². The van der Waals surface area contributed by atoms with Crippen molar-refractivity contribution in [2.24, 2.45) is 0 Å². The number of rotatable bonds is 11. The number of hydrogen-bond acceptors (Lipinski definition) is 6. The lowest BCUT2D eigenvalue weighted by atomic mass is 9.30. The van der Waals surface area contributed by atoms with E-state index in [9.17, 15) is 0 Å². The number of anilines is 16. The molecule has 0 saturated carbocycles. The fourth-order valence-corrected chi connectivity index (χ4v) is 15.7. The van der Waals surface area contributed by atoms with Gasteiger partial charge in [-0.05, 0) is 216 Å². The Kier molecular flexibility index (Phi) is 16.3. The van der Waals surface area contributed by atoms with Gasteiger partial charge in [0.25, 0.3) is 6.71 Å². The molecule has 6 nitrogen and oxygen atoms in total. The molecule has 12 aromatic carbocycles. The van der Waals surface area contributed by atoms with E-state index in [2.05, 4.69) is 422 Å². The van der Waals surface area contributed by atoms with Gasteiger partial charge in [0.2, 0.25) is 6.71 Å². The molecule has 0 spiro atoms. The minimum absolute atomic E-state index is 0.0228. The minimum atomic E-state index is -0.247. The Morgan fingerprint density at radius 3 is 1.07 bits per heavy atom. The molecule has 4 heterocycles. The first kappa shape index (κ1) is 65.4. The second-order valence-electron chi connectivity index (χ2n) is 32.0. The number of nitrogens with zero attached hydrogens (tertiary/aromatic N) is 5. The maximum absolute atomic E-state index is 3.83. The van der Waals surface area contributed by atoms with Gasteiger partial charge < -0.3 is 29.8 Å². The maximum atomic E-state index is 3.83. The monoisotopic (exact) mass is 1320 g/mol. The first-order chi connectivity index (χ1) is 49.1. The fraction of sp³-hybridized carbons (Fsp3) is 0.170. The summed E-state index contributed by atoms with van der Waals surface area (Å²) in [5, 5.41) is 3.83. The molecule has 0 unspecified atom stereocenters. The number of allylic oxidation sites excluding steroid dienone is 4. The Balaban J connectivity index is 1.00. The predicted molar refractivity (Wildman–Crippen MR) is 441 cm³/mol. The Labute approximate surface area is 605 Å². The molecule has 16 rings (SSSR count). The van der Waals surface area contributed by atoms with E-state index in [-0.39, 0.29) is 35.1 Å². The molecule has 12 aromatic rings. The number of fused-ring (bicyclic) bond motifs is 6. The van der Waals surface area contributed by atoms with Gasteiger partial charge in [-0.15, -0.1) is 0 Å². The normalized spacial score (nSPS) is 14.7. The van der Waals surface area contributed by atoms with E-state index in [0.29, 0.717) is 0 Å². The highest BCUT2D eigenvalue weighted by Crippen LogP contribution is 2.51. The molecule has 8 heteroatoms. The van der Waals surface area contributed by atoms with Crippen LogP contribution >= 0.6 is 0 Å². The summed E-state index contributed by atoms with van der Waals surface area (Å²) in [6.45, 7) is 27.1.